The van der Waals surface area contributed by atoms with E-state index in [0.29, 0.717) is 6.04 Å². The van der Waals surface area contributed by atoms with Crippen molar-refractivity contribution in [3.05, 3.63) is 28.8 Å². The number of aryl methyl sites for hydroxylation is 3. The van der Waals surface area contributed by atoms with Crippen molar-refractivity contribution in [1.29, 1.82) is 0 Å². The zero-order valence-electron chi connectivity index (χ0n) is 17.8. The quantitative estimate of drug-likeness (QED) is 0.828. The summed E-state index contributed by atoms with van der Waals surface area (Å²) in [5.41, 5.74) is 4.18. The first-order valence-electron chi connectivity index (χ1n) is 10.0. The van der Waals surface area contributed by atoms with Crippen LogP contribution in [0.3, 0.4) is 0 Å². The van der Waals surface area contributed by atoms with Crippen LogP contribution in [0.2, 0.25) is 0 Å². The van der Waals surface area contributed by atoms with Crippen LogP contribution in [0.5, 0.6) is 0 Å². The minimum Gasteiger partial charge on any atom is -0.341 e. The van der Waals surface area contributed by atoms with Gasteiger partial charge in [-0.3, -0.25) is 14.5 Å². The molecule has 1 saturated carbocycles. The number of carbonyl (C=O) groups excluding carboxylic acids is 2. The highest BCUT2D eigenvalue weighted by Crippen LogP contribution is 2.23. The lowest BCUT2D eigenvalue weighted by Gasteiger charge is -2.35. The predicted octanol–water partition coefficient (Wildman–Crippen LogP) is 3.66. The van der Waals surface area contributed by atoms with Gasteiger partial charge in [0.05, 0.1) is 12.6 Å². The number of anilines is 1. The second-order valence-electron chi connectivity index (χ2n) is 8.15. The first-order chi connectivity index (χ1) is 12.7. The van der Waals surface area contributed by atoms with Crippen LogP contribution in [0.15, 0.2) is 12.1 Å². The Morgan fingerprint density at radius 1 is 1.07 bits per heavy atom. The van der Waals surface area contributed by atoms with Crippen LogP contribution in [0.25, 0.3) is 0 Å². The number of amides is 2. The molecule has 1 N–H and O–H groups in total. The number of hydrogen-bond acceptors (Lipinski definition) is 3. The molecule has 0 spiro atoms. The van der Waals surface area contributed by atoms with Crippen LogP contribution in [0.4, 0.5) is 5.69 Å². The third-order valence-corrected chi connectivity index (χ3v) is 5.82. The van der Waals surface area contributed by atoms with E-state index in [1.165, 1.54) is 24.8 Å². The van der Waals surface area contributed by atoms with Crippen molar-refractivity contribution < 1.29 is 9.59 Å². The number of carbonyl (C=O) groups is 2. The van der Waals surface area contributed by atoms with E-state index < -0.39 is 0 Å². The van der Waals surface area contributed by atoms with Gasteiger partial charge < -0.3 is 10.2 Å². The van der Waals surface area contributed by atoms with Gasteiger partial charge in [0.15, 0.2) is 0 Å². The summed E-state index contributed by atoms with van der Waals surface area (Å²) in [4.78, 5) is 29.1. The van der Waals surface area contributed by atoms with E-state index in [2.05, 4.69) is 24.4 Å². The van der Waals surface area contributed by atoms with Crippen molar-refractivity contribution >= 4 is 17.5 Å². The van der Waals surface area contributed by atoms with Crippen LogP contribution >= 0.6 is 0 Å². The van der Waals surface area contributed by atoms with Crippen LogP contribution in [0, 0.1) is 20.8 Å². The first-order valence-corrected chi connectivity index (χ1v) is 10.0. The average Bonchev–Trinajstić information content (AvgIpc) is 2.63. The van der Waals surface area contributed by atoms with Gasteiger partial charge in [-0.2, -0.15) is 0 Å². The number of hydrogen-bond donors (Lipinski definition) is 1. The van der Waals surface area contributed by atoms with Crippen LogP contribution in [0.1, 0.15) is 55.7 Å². The summed E-state index contributed by atoms with van der Waals surface area (Å²) >= 11 is 0. The molecule has 1 aliphatic carbocycles. The Hall–Kier alpha value is -1.88. The van der Waals surface area contributed by atoms with Gasteiger partial charge in [0.25, 0.3) is 0 Å². The minimum atomic E-state index is -0.317. The Bertz CT molecular complexity index is 657. The van der Waals surface area contributed by atoms with E-state index in [4.69, 9.17) is 0 Å². The van der Waals surface area contributed by atoms with E-state index in [1.807, 2.05) is 44.7 Å². The normalized spacial score (nSPS) is 16.3. The molecule has 27 heavy (non-hydrogen) atoms. The van der Waals surface area contributed by atoms with E-state index in [1.54, 1.807) is 0 Å². The summed E-state index contributed by atoms with van der Waals surface area (Å²) in [5.74, 6) is 0.00687. The molecule has 1 aromatic rings. The zero-order valence-corrected chi connectivity index (χ0v) is 17.8. The topological polar surface area (TPSA) is 52.7 Å². The highest BCUT2D eigenvalue weighted by atomic mass is 16.2. The number of likely N-dealkylation sites (N-methyl/N-ethyl adjacent to an activating group) is 2. The second-order valence-corrected chi connectivity index (χ2v) is 8.15. The largest absolute Gasteiger partial charge is 0.341 e. The number of nitrogens with zero attached hydrogens (tertiary/aromatic N) is 2. The zero-order chi connectivity index (χ0) is 20.1. The Kier molecular flexibility index (Phi) is 7.42. The first kappa shape index (κ1) is 21.4. The third-order valence-electron chi connectivity index (χ3n) is 5.82. The van der Waals surface area contributed by atoms with Gasteiger partial charge in [-0.1, -0.05) is 37.0 Å². The van der Waals surface area contributed by atoms with Crippen molar-refractivity contribution in [3.8, 4) is 0 Å². The lowest BCUT2D eigenvalue weighted by atomic mass is 9.94. The molecule has 0 saturated heterocycles. The van der Waals surface area contributed by atoms with Crippen LogP contribution in [-0.2, 0) is 9.59 Å². The smallest absolute Gasteiger partial charge is 0.239 e. The highest BCUT2D eigenvalue weighted by molar-refractivity contribution is 5.94. The van der Waals surface area contributed by atoms with Gasteiger partial charge >= 0.3 is 0 Å². The van der Waals surface area contributed by atoms with Gasteiger partial charge in [-0.25, -0.2) is 0 Å². The van der Waals surface area contributed by atoms with E-state index in [0.717, 1.165) is 29.7 Å². The molecule has 0 aliphatic heterocycles. The standard InChI is InChI=1S/C22H35N3O2/c1-15-12-16(2)21(17(3)13-15)23-20(26)14-24(5)18(4)22(27)25(6)19-10-8-7-9-11-19/h12-13,18-19H,7-11,14H2,1-6H3,(H,23,26)/t18-/m0/s1. The van der Waals surface area contributed by atoms with Crippen molar-refractivity contribution in [2.24, 2.45) is 0 Å². The van der Waals surface area contributed by atoms with E-state index in [-0.39, 0.29) is 24.4 Å². The summed E-state index contributed by atoms with van der Waals surface area (Å²) in [6, 6.07) is 4.16. The fourth-order valence-electron chi connectivity index (χ4n) is 4.05. The third kappa shape index (κ3) is 5.55. The maximum Gasteiger partial charge on any atom is 0.239 e. The summed E-state index contributed by atoms with van der Waals surface area (Å²) in [6.07, 6.45) is 5.84. The number of benzene rings is 1. The Morgan fingerprint density at radius 3 is 2.19 bits per heavy atom. The maximum absolute atomic E-state index is 12.8. The lowest BCUT2D eigenvalue weighted by Crippen LogP contribution is -2.49. The molecule has 0 bridgehead atoms. The lowest BCUT2D eigenvalue weighted by molar-refractivity contribution is -0.137. The monoisotopic (exact) mass is 373 g/mol. The summed E-state index contributed by atoms with van der Waals surface area (Å²) in [6.45, 7) is 8.14. The number of nitrogens with one attached hydrogen (secondary N) is 1. The molecule has 1 aliphatic rings. The summed E-state index contributed by atoms with van der Waals surface area (Å²) in [7, 11) is 3.74. The van der Waals surface area contributed by atoms with Gasteiger partial charge in [0, 0.05) is 18.8 Å². The van der Waals surface area contributed by atoms with E-state index in [9.17, 15) is 9.59 Å². The van der Waals surface area contributed by atoms with Gasteiger partial charge in [0.2, 0.25) is 11.8 Å². The molecule has 0 unspecified atom stereocenters. The molecule has 0 heterocycles. The van der Waals surface area contributed by atoms with Gasteiger partial charge in [0.1, 0.15) is 0 Å². The fraction of sp³-hybridized carbons (Fsp3) is 0.636. The molecule has 2 rings (SSSR count). The molecule has 0 aromatic heterocycles. The SMILES string of the molecule is Cc1cc(C)c(NC(=O)CN(C)[C@@H](C)C(=O)N(C)C2CCCCC2)c(C)c1. The fourth-order valence-corrected chi connectivity index (χ4v) is 4.05. The molecule has 1 fully saturated rings. The molecule has 0 radical (unpaired) electrons. The van der Waals surface area contributed by atoms with Gasteiger partial charge in [-0.05, 0) is 58.7 Å². The summed E-state index contributed by atoms with van der Waals surface area (Å²) in [5, 5.41) is 3.02. The molecular weight excluding hydrogens is 338 g/mol. The van der Waals surface area contributed by atoms with Crippen molar-refractivity contribution in [1.82, 2.24) is 9.80 Å². The van der Waals surface area contributed by atoms with Crippen molar-refractivity contribution in [2.75, 3.05) is 26.0 Å². The molecule has 2 amide bonds. The Labute approximate surface area is 164 Å². The minimum absolute atomic E-state index is 0.0903. The molecule has 150 valence electrons. The van der Waals surface area contributed by atoms with Crippen molar-refractivity contribution in [2.45, 2.75) is 71.9 Å². The molecule has 1 aromatic carbocycles. The average molecular weight is 374 g/mol. The molecule has 5 nitrogen and oxygen atoms in total. The second kappa shape index (κ2) is 9.36. The maximum atomic E-state index is 12.8. The summed E-state index contributed by atoms with van der Waals surface area (Å²) < 4.78 is 0. The van der Waals surface area contributed by atoms with Crippen molar-refractivity contribution in [3.63, 3.8) is 0 Å². The number of rotatable bonds is 6. The van der Waals surface area contributed by atoms with E-state index >= 15 is 0 Å². The van der Waals surface area contributed by atoms with Crippen LogP contribution < -0.4 is 5.32 Å². The molecule has 5 heteroatoms. The highest BCUT2D eigenvalue weighted by Gasteiger charge is 2.28. The Balaban J connectivity index is 1.94. The molecule has 1 atom stereocenters. The predicted molar refractivity (Wildman–Crippen MR) is 111 cm³/mol. The van der Waals surface area contributed by atoms with Gasteiger partial charge in [-0.15, -0.1) is 0 Å². The Morgan fingerprint density at radius 2 is 1.63 bits per heavy atom. The molecular formula is C22H35N3O2. The van der Waals surface area contributed by atoms with Crippen LogP contribution in [-0.4, -0.2) is 54.3 Å².